The van der Waals surface area contributed by atoms with Crippen LogP contribution in [0.5, 0.6) is 0 Å². The number of anilines is 1. The summed E-state index contributed by atoms with van der Waals surface area (Å²) < 4.78 is 13.6. The number of nitrogens with one attached hydrogen (secondary N) is 2. The van der Waals surface area contributed by atoms with E-state index in [1.807, 2.05) is 18.0 Å². The molecule has 21 heavy (non-hydrogen) atoms. The minimum Gasteiger partial charge on any atom is -0.372 e. The van der Waals surface area contributed by atoms with Crippen molar-refractivity contribution in [3.05, 3.63) is 30.1 Å². The Morgan fingerprint density at radius 2 is 1.90 bits per heavy atom. The second-order valence-electron chi connectivity index (χ2n) is 4.65. The molecule has 0 saturated carbocycles. The maximum absolute atomic E-state index is 13.6. The largest absolute Gasteiger partial charge is 0.372 e. The van der Waals surface area contributed by atoms with Crippen LogP contribution < -0.4 is 15.5 Å². The molecule has 6 heteroatoms. The third-order valence-electron chi connectivity index (χ3n) is 2.99. The molecular weight excluding hydrogens is 382 g/mol. The average molecular weight is 408 g/mol. The van der Waals surface area contributed by atoms with Crippen molar-refractivity contribution in [2.24, 2.45) is 4.99 Å². The minimum absolute atomic E-state index is 0. The van der Waals surface area contributed by atoms with Crippen LogP contribution in [0.1, 0.15) is 19.8 Å². The van der Waals surface area contributed by atoms with E-state index in [4.69, 9.17) is 0 Å². The van der Waals surface area contributed by atoms with Gasteiger partial charge in [0.15, 0.2) is 5.96 Å². The molecule has 0 spiro atoms. The molecule has 0 atom stereocenters. The minimum atomic E-state index is -0.177. The third kappa shape index (κ3) is 7.50. The van der Waals surface area contributed by atoms with Gasteiger partial charge in [-0.2, -0.15) is 0 Å². The van der Waals surface area contributed by atoms with E-state index in [0.717, 1.165) is 38.4 Å². The molecule has 1 rings (SSSR count). The second kappa shape index (κ2) is 11.6. The fourth-order valence-electron chi connectivity index (χ4n) is 1.87. The van der Waals surface area contributed by atoms with Crippen molar-refractivity contribution < 1.29 is 4.39 Å². The average Bonchev–Trinajstić information content (AvgIpc) is 2.46. The summed E-state index contributed by atoms with van der Waals surface area (Å²) >= 11 is 0. The molecule has 0 amide bonds. The van der Waals surface area contributed by atoms with Gasteiger partial charge >= 0.3 is 0 Å². The summed E-state index contributed by atoms with van der Waals surface area (Å²) in [4.78, 5) is 6.07. The number of hydrogen-bond donors (Lipinski definition) is 2. The Morgan fingerprint density at radius 3 is 2.52 bits per heavy atom. The Morgan fingerprint density at radius 1 is 1.24 bits per heavy atom. The summed E-state index contributed by atoms with van der Waals surface area (Å²) in [5, 5.41) is 6.46. The van der Waals surface area contributed by atoms with Gasteiger partial charge in [0.05, 0.1) is 5.69 Å². The van der Waals surface area contributed by atoms with E-state index in [1.165, 1.54) is 6.07 Å². The SMILES string of the molecule is CCCNC(=NC)NCCCN(C)c1ccccc1F.I. The molecule has 0 heterocycles. The van der Waals surface area contributed by atoms with Crippen LogP contribution in [0.2, 0.25) is 0 Å². The second-order valence-corrected chi connectivity index (χ2v) is 4.65. The summed E-state index contributed by atoms with van der Waals surface area (Å²) in [5.74, 6) is 0.642. The van der Waals surface area contributed by atoms with E-state index in [1.54, 1.807) is 19.2 Å². The molecule has 0 aliphatic heterocycles. The first-order valence-corrected chi connectivity index (χ1v) is 7.09. The highest BCUT2D eigenvalue weighted by molar-refractivity contribution is 14.0. The molecule has 4 nitrogen and oxygen atoms in total. The standard InChI is InChI=1S/C15H25FN4.HI/c1-4-10-18-15(17-2)19-11-7-12-20(3)14-9-6-5-8-13(14)16;/h5-6,8-9H,4,7,10-12H2,1-3H3,(H2,17,18,19);1H. The number of aliphatic imine (C=N–C) groups is 1. The van der Waals surface area contributed by atoms with Crippen LogP contribution in [0.4, 0.5) is 10.1 Å². The van der Waals surface area contributed by atoms with Gasteiger partial charge in [0.1, 0.15) is 5.82 Å². The highest BCUT2D eigenvalue weighted by Gasteiger charge is 2.05. The number of hydrogen-bond acceptors (Lipinski definition) is 2. The van der Waals surface area contributed by atoms with Gasteiger partial charge in [-0.25, -0.2) is 4.39 Å². The maximum Gasteiger partial charge on any atom is 0.190 e. The summed E-state index contributed by atoms with van der Waals surface area (Å²) in [6.45, 7) is 4.62. The van der Waals surface area contributed by atoms with Crippen molar-refractivity contribution in [3.8, 4) is 0 Å². The van der Waals surface area contributed by atoms with Crippen molar-refractivity contribution in [1.29, 1.82) is 0 Å². The Bertz CT molecular complexity index is 426. The van der Waals surface area contributed by atoms with Gasteiger partial charge in [-0.1, -0.05) is 19.1 Å². The monoisotopic (exact) mass is 408 g/mol. The van der Waals surface area contributed by atoms with Gasteiger partial charge in [0.25, 0.3) is 0 Å². The van der Waals surface area contributed by atoms with Crippen LogP contribution in [0.25, 0.3) is 0 Å². The number of para-hydroxylation sites is 1. The van der Waals surface area contributed by atoms with Crippen LogP contribution in [0.3, 0.4) is 0 Å². The van der Waals surface area contributed by atoms with Gasteiger partial charge in [-0.05, 0) is 25.0 Å². The molecule has 0 radical (unpaired) electrons. The van der Waals surface area contributed by atoms with Crippen molar-refractivity contribution in [3.63, 3.8) is 0 Å². The molecule has 1 aromatic rings. The van der Waals surface area contributed by atoms with E-state index < -0.39 is 0 Å². The zero-order valence-corrected chi connectivity index (χ0v) is 15.4. The molecule has 2 N–H and O–H groups in total. The lowest BCUT2D eigenvalue weighted by molar-refractivity contribution is 0.619. The van der Waals surface area contributed by atoms with Crippen LogP contribution in [-0.2, 0) is 0 Å². The summed E-state index contributed by atoms with van der Waals surface area (Å²) in [7, 11) is 3.67. The number of guanidine groups is 1. The van der Waals surface area contributed by atoms with Crippen molar-refractivity contribution >= 4 is 35.6 Å². The first kappa shape index (κ1) is 19.9. The summed E-state index contributed by atoms with van der Waals surface area (Å²) in [6, 6.07) is 6.84. The van der Waals surface area contributed by atoms with E-state index >= 15 is 0 Å². The van der Waals surface area contributed by atoms with E-state index in [0.29, 0.717) is 5.69 Å². The molecule has 0 unspecified atom stereocenters. The quantitative estimate of drug-likeness (QED) is 0.316. The lowest BCUT2D eigenvalue weighted by atomic mass is 10.2. The molecule has 0 aromatic heterocycles. The zero-order chi connectivity index (χ0) is 14.8. The molecule has 0 saturated heterocycles. The van der Waals surface area contributed by atoms with Gasteiger partial charge in [0.2, 0.25) is 0 Å². The summed E-state index contributed by atoms with van der Waals surface area (Å²) in [6.07, 6.45) is 1.98. The first-order valence-electron chi connectivity index (χ1n) is 7.09. The Hall–Kier alpha value is -1.05. The van der Waals surface area contributed by atoms with Gasteiger partial charge in [-0.15, -0.1) is 24.0 Å². The first-order chi connectivity index (χ1) is 9.69. The molecule has 0 fully saturated rings. The normalized spacial score (nSPS) is 10.8. The number of halogens is 2. The highest BCUT2D eigenvalue weighted by Crippen LogP contribution is 2.16. The van der Waals surface area contributed by atoms with Crippen LogP contribution in [0, 0.1) is 5.82 Å². The predicted molar refractivity (Wildman–Crippen MR) is 99.4 cm³/mol. The van der Waals surface area contributed by atoms with Gasteiger partial charge in [-0.3, -0.25) is 4.99 Å². The number of nitrogens with zero attached hydrogens (tertiary/aromatic N) is 2. The molecule has 0 bridgehead atoms. The molecule has 1 aromatic carbocycles. The van der Waals surface area contributed by atoms with Crippen molar-refractivity contribution in [2.45, 2.75) is 19.8 Å². The molecule has 0 aliphatic rings. The predicted octanol–water partition coefficient (Wildman–Crippen LogP) is 2.85. The molecule has 120 valence electrons. The van der Waals surface area contributed by atoms with Crippen molar-refractivity contribution in [1.82, 2.24) is 10.6 Å². The smallest absolute Gasteiger partial charge is 0.190 e. The van der Waals surface area contributed by atoms with E-state index in [2.05, 4.69) is 22.5 Å². The van der Waals surface area contributed by atoms with Crippen molar-refractivity contribution in [2.75, 3.05) is 38.6 Å². The van der Waals surface area contributed by atoms with E-state index in [-0.39, 0.29) is 29.8 Å². The highest BCUT2D eigenvalue weighted by atomic mass is 127. The lowest BCUT2D eigenvalue weighted by Crippen LogP contribution is -2.38. The Kier molecular flexibility index (Phi) is 11.0. The third-order valence-corrected chi connectivity index (χ3v) is 2.99. The summed E-state index contributed by atoms with van der Waals surface area (Å²) in [5.41, 5.74) is 0.640. The Balaban J connectivity index is 0.00000400. The van der Waals surface area contributed by atoms with Crippen LogP contribution in [-0.4, -0.2) is 39.7 Å². The number of benzene rings is 1. The fourth-order valence-corrected chi connectivity index (χ4v) is 1.87. The maximum atomic E-state index is 13.6. The van der Waals surface area contributed by atoms with Crippen LogP contribution >= 0.6 is 24.0 Å². The van der Waals surface area contributed by atoms with Crippen LogP contribution in [0.15, 0.2) is 29.3 Å². The Labute approximate surface area is 144 Å². The molecule has 0 aliphatic carbocycles. The van der Waals surface area contributed by atoms with Gasteiger partial charge in [0, 0.05) is 33.7 Å². The van der Waals surface area contributed by atoms with Gasteiger partial charge < -0.3 is 15.5 Å². The molecular formula is C15H26FIN4. The number of rotatable bonds is 7. The zero-order valence-electron chi connectivity index (χ0n) is 13.0. The fraction of sp³-hybridized carbons (Fsp3) is 0.533. The lowest BCUT2D eigenvalue weighted by Gasteiger charge is -2.20. The topological polar surface area (TPSA) is 39.7 Å². The van der Waals surface area contributed by atoms with E-state index in [9.17, 15) is 4.39 Å².